The number of aromatic nitrogens is 2. The molecule has 110 valence electrons. The predicted octanol–water partition coefficient (Wildman–Crippen LogP) is 1.18. The number of nitrogens with one attached hydrogen (secondary N) is 1. The average Bonchev–Trinajstić information content (AvgIpc) is 2.94. The first kappa shape index (κ1) is 14.8. The van der Waals surface area contributed by atoms with Crippen molar-refractivity contribution in [1.82, 2.24) is 15.1 Å². The van der Waals surface area contributed by atoms with E-state index in [1.54, 1.807) is 30.1 Å². The SMILES string of the molecule is COC(=O)c1ccc(CCNC(=O)c2cnn(C)c2)cc1. The molecule has 0 radical (unpaired) electrons. The number of carbonyl (C=O) groups excluding carboxylic acids is 2. The second kappa shape index (κ2) is 6.69. The third-order valence-corrected chi connectivity index (χ3v) is 3.04. The van der Waals surface area contributed by atoms with Crippen LogP contribution in [0.1, 0.15) is 26.3 Å². The molecule has 2 rings (SSSR count). The number of nitrogens with zero attached hydrogens (tertiary/aromatic N) is 2. The van der Waals surface area contributed by atoms with E-state index in [-0.39, 0.29) is 11.9 Å². The van der Waals surface area contributed by atoms with E-state index in [0.717, 1.165) is 5.56 Å². The summed E-state index contributed by atoms with van der Waals surface area (Å²) in [5, 5.41) is 6.78. The lowest BCUT2D eigenvalue weighted by atomic mass is 10.1. The van der Waals surface area contributed by atoms with Gasteiger partial charge in [0.15, 0.2) is 0 Å². The zero-order chi connectivity index (χ0) is 15.2. The van der Waals surface area contributed by atoms with Crippen LogP contribution in [0.3, 0.4) is 0 Å². The van der Waals surface area contributed by atoms with Gasteiger partial charge in [-0.25, -0.2) is 4.79 Å². The van der Waals surface area contributed by atoms with Crippen LogP contribution in [0.4, 0.5) is 0 Å². The highest BCUT2D eigenvalue weighted by Gasteiger charge is 2.07. The van der Waals surface area contributed by atoms with E-state index in [0.29, 0.717) is 24.1 Å². The zero-order valence-electron chi connectivity index (χ0n) is 12.0. The van der Waals surface area contributed by atoms with Crippen LogP contribution in [-0.4, -0.2) is 35.3 Å². The molecular weight excluding hydrogens is 270 g/mol. The third kappa shape index (κ3) is 3.92. The van der Waals surface area contributed by atoms with E-state index in [9.17, 15) is 9.59 Å². The minimum absolute atomic E-state index is 0.144. The fraction of sp³-hybridized carbons (Fsp3) is 0.267. The number of benzene rings is 1. The lowest BCUT2D eigenvalue weighted by Crippen LogP contribution is -2.25. The van der Waals surface area contributed by atoms with E-state index < -0.39 is 0 Å². The maximum atomic E-state index is 11.8. The number of rotatable bonds is 5. The van der Waals surface area contributed by atoms with Gasteiger partial charge in [-0.05, 0) is 24.1 Å². The van der Waals surface area contributed by atoms with E-state index >= 15 is 0 Å². The smallest absolute Gasteiger partial charge is 0.337 e. The number of aryl methyl sites for hydroxylation is 1. The third-order valence-electron chi connectivity index (χ3n) is 3.04. The van der Waals surface area contributed by atoms with Crippen LogP contribution < -0.4 is 5.32 Å². The van der Waals surface area contributed by atoms with Crippen LogP contribution in [0.5, 0.6) is 0 Å². The van der Waals surface area contributed by atoms with Gasteiger partial charge in [0.2, 0.25) is 0 Å². The van der Waals surface area contributed by atoms with Crippen molar-refractivity contribution in [2.24, 2.45) is 7.05 Å². The molecule has 1 aromatic heterocycles. The number of amides is 1. The molecule has 0 atom stereocenters. The average molecular weight is 287 g/mol. The normalized spacial score (nSPS) is 10.2. The molecule has 0 aliphatic heterocycles. The number of ether oxygens (including phenoxy) is 1. The Balaban J connectivity index is 1.83. The highest BCUT2D eigenvalue weighted by atomic mass is 16.5. The van der Waals surface area contributed by atoms with Gasteiger partial charge in [-0.3, -0.25) is 9.48 Å². The Kier molecular flexibility index (Phi) is 4.71. The largest absolute Gasteiger partial charge is 0.465 e. The first-order valence-electron chi connectivity index (χ1n) is 6.54. The molecule has 1 N–H and O–H groups in total. The Morgan fingerprint density at radius 2 is 1.95 bits per heavy atom. The molecular formula is C15H17N3O3. The topological polar surface area (TPSA) is 73.2 Å². The lowest BCUT2D eigenvalue weighted by Gasteiger charge is -2.05. The van der Waals surface area contributed by atoms with E-state index in [1.807, 2.05) is 12.1 Å². The van der Waals surface area contributed by atoms with Crippen LogP contribution in [0.2, 0.25) is 0 Å². The van der Waals surface area contributed by atoms with Gasteiger partial charge < -0.3 is 10.1 Å². The molecule has 1 amide bonds. The number of hydrogen-bond donors (Lipinski definition) is 1. The molecule has 21 heavy (non-hydrogen) atoms. The summed E-state index contributed by atoms with van der Waals surface area (Å²) >= 11 is 0. The number of methoxy groups -OCH3 is 1. The lowest BCUT2D eigenvalue weighted by molar-refractivity contribution is 0.0600. The Bertz CT molecular complexity index is 632. The maximum absolute atomic E-state index is 11.8. The summed E-state index contributed by atoms with van der Waals surface area (Å²) < 4.78 is 6.22. The molecule has 6 heteroatoms. The summed E-state index contributed by atoms with van der Waals surface area (Å²) in [5.41, 5.74) is 2.09. The van der Waals surface area contributed by atoms with Crippen LogP contribution in [-0.2, 0) is 18.2 Å². The molecule has 0 saturated heterocycles. The van der Waals surface area contributed by atoms with Gasteiger partial charge in [-0.15, -0.1) is 0 Å². The summed E-state index contributed by atoms with van der Waals surface area (Å²) in [5.74, 6) is -0.499. The highest BCUT2D eigenvalue weighted by molar-refractivity contribution is 5.93. The predicted molar refractivity (Wildman–Crippen MR) is 77.0 cm³/mol. The molecule has 1 aromatic carbocycles. The van der Waals surface area contributed by atoms with Crippen molar-refractivity contribution in [2.75, 3.05) is 13.7 Å². The monoisotopic (exact) mass is 287 g/mol. The Hall–Kier alpha value is -2.63. The van der Waals surface area contributed by atoms with Gasteiger partial charge in [0.1, 0.15) is 0 Å². The second-order valence-electron chi connectivity index (χ2n) is 4.60. The van der Waals surface area contributed by atoms with Crippen molar-refractivity contribution in [3.05, 3.63) is 53.3 Å². The summed E-state index contributed by atoms with van der Waals surface area (Å²) in [4.78, 5) is 23.1. The molecule has 0 spiro atoms. The van der Waals surface area contributed by atoms with E-state index in [4.69, 9.17) is 0 Å². The van der Waals surface area contributed by atoms with Gasteiger partial charge in [0, 0.05) is 19.8 Å². The quantitative estimate of drug-likeness (QED) is 0.838. The summed E-state index contributed by atoms with van der Waals surface area (Å²) in [6.45, 7) is 0.519. The molecule has 0 aliphatic rings. The highest BCUT2D eigenvalue weighted by Crippen LogP contribution is 2.06. The van der Waals surface area contributed by atoms with Gasteiger partial charge in [-0.1, -0.05) is 12.1 Å². The number of esters is 1. The zero-order valence-corrected chi connectivity index (χ0v) is 12.0. The first-order chi connectivity index (χ1) is 10.1. The van der Waals surface area contributed by atoms with Gasteiger partial charge in [0.25, 0.3) is 5.91 Å². The molecule has 1 heterocycles. The van der Waals surface area contributed by atoms with Crippen molar-refractivity contribution in [3.8, 4) is 0 Å². The van der Waals surface area contributed by atoms with Crippen molar-refractivity contribution in [2.45, 2.75) is 6.42 Å². The Morgan fingerprint density at radius 1 is 1.24 bits per heavy atom. The van der Waals surface area contributed by atoms with Crippen molar-refractivity contribution >= 4 is 11.9 Å². The van der Waals surface area contributed by atoms with Gasteiger partial charge in [0.05, 0.1) is 24.4 Å². The fourth-order valence-electron chi connectivity index (χ4n) is 1.89. The minimum atomic E-state index is -0.355. The number of hydrogen-bond acceptors (Lipinski definition) is 4. The molecule has 0 saturated carbocycles. The molecule has 0 bridgehead atoms. The fourth-order valence-corrected chi connectivity index (χ4v) is 1.89. The molecule has 0 fully saturated rings. The van der Waals surface area contributed by atoms with Crippen molar-refractivity contribution in [1.29, 1.82) is 0 Å². The molecule has 0 aliphatic carbocycles. The summed E-state index contributed by atoms with van der Waals surface area (Å²) in [7, 11) is 3.11. The van der Waals surface area contributed by atoms with Crippen molar-refractivity contribution < 1.29 is 14.3 Å². The van der Waals surface area contributed by atoms with E-state index in [2.05, 4.69) is 15.2 Å². The molecule has 0 unspecified atom stereocenters. The number of carbonyl (C=O) groups is 2. The first-order valence-corrected chi connectivity index (χ1v) is 6.54. The Morgan fingerprint density at radius 3 is 2.52 bits per heavy atom. The van der Waals surface area contributed by atoms with Crippen LogP contribution >= 0.6 is 0 Å². The van der Waals surface area contributed by atoms with Gasteiger partial charge in [-0.2, -0.15) is 5.10 Å². The van der Waals surface area contributed by atoms with Crippen LogP contribution in [0.15, 0.2) is 36.7 Å². The van der Waals surface area contributed by atoms with Crippen LogP contribution in [0, 0.1) is 0 Å². The summed E-state index contributed by atoms with van der Waals surface area (Å²) in [6.07, 6.45) is 3.88. The van der Waals surface area contributed by atoms with E-state index in [1.165, 1.54) is 13.3 Å². The van der Waals surface area contributed by atoms with Crippen molar-refractivity contribution in [3.63, 3.8) is 0 Å². The molecule has 6 nitrogen and oxygen atoms in total. The van der Waals surface area contributed by atoms with Crippen LogP contribution in [0.25, 0.3) is 0 Å². The second-order valence-corrected chi connectivity index (χ2v) is 4.60. The maximum Gasteiger partial charge on any atom is 0.337 e. The summed E-state index contributed by atoms with van der Waals surface area (Å²) in [6, 6.07) is 7.12. The Labute approximate surface area is 122 Å². The standard InChI is InChI=1S/C15H17N3O3/c1-18-10-13(9-17-18)14(19)16-8-7-11-3-5-12(6-4-11)15(20)21-2/h3-6,9-10H,7-8H2,1-2H3,(H,16,19). The minimum Gasteiger partial charge on any atom is -0.465 e. The van der Waals surface area contributed by atoms with Gasteiger partial charge >= 0.3 is 5.97 Å². The molecule has 2 aromatic rings.